The van der Waals surface area contributed by atoms with Crippen LogP contribution in [0, 0.1) is 5.82 Å². The van der Waals surface area contributed by atoms with Crippen LogP contribution in [0.5, 0.6) is 0 Å². The van der Waals surface area contributed by atoms with Crippen molar-refractivity contribution in [1.29, 1.82) is 0 Å². The second-order valence-electron chi connectivity index (χ2n) is 5.23. The van der Waals surface area contributed by atoms with Gasteiger partial charge in [-0.2, -0.15) is 0 Å². The van der Waals surface area contributed by atoms with Crippen LogP contribution in [0.15, 0.2) is 22.7 Å². The Bertz CT molecular complexity index is 438. The number of halogens is 2. The largest absolute Gasteiger partial charge is 0.369 e. The Morgan fingerprint density at radius 3 is 2.89 bits per heavy atom. The third kappa shape index (κ3) is 2.41. The molecule has 2 aliphatic rings. The molecule has 1 aromatic rings. The predicted octanol–water partition coefficient (Wildman–Crippen LogP) is 3.26. The van der Waals surface area contributed by atoms with Crippen molar-refractivity contribution in [3.8, 4) is 0 Å². The summed E-state index contributed by atoms with van der Waals surface area (Å²) in [6, 6.07) is 6.02. The summed E-state index contributed by atoms with van der Waals surface area (Å²) in [5.41, 5.74) is 1.13. The summed E-state index contributed by atoms with van der Waals surface area (Å²) < 4.78 is 13.8. The minimum atomic E-state index is -0.185. The molecule has 2 saturated heterocycles. The van der Waals surface area contributed by atoms with Crippen molar-refractivity contribution in [2.45, 2.75) is 25.3 Å². The van der Waals surface area contributed by atoms with Crippen molar-refractivity contribution in [3.63, 3.8) is 0 Å². The lowest BCUT2D eigenvalue weighted by Gasteiger charge is -2.45. The van der Waals surface area contributed by atoms with Crippen LogP contribution < -0.4 is 4.90 Å². The number of anilines is 1. The van der Waals surface area contributed by atoms with Gasteiger partial charge < -0.3 is 4.90 Å². The van der Waals surface area contributed by atoms with Gasteiger partial charge in [-0.3, -0.25) is 4.90 Å². The van der Waals surface area contributed by atoms with E-state index in [1.54, 1.807) is 6.07 Å². The Morgan fingerprint density at radius 2 is 2.06 bits per heavy atom. The maximum Gasteiger partial charge on any atom is 0.137 e. The molecule has 1 unspecified atom stereocenters. The molecule has 2 heterocycles. The number of rotatable bonds is 1. The fraction of sp³-hybridized carbons (Fsp3) is 0.571. The average molecular weight is 313 g/mol. The van der Waals surface area contributed by atoms with E-state index in [-0.39, 0.29) is 5.82 Å². The van der Waals surface area contributed by atoms with Gasteiger partial charge in [-0.15, -0.1) is 0 Å². The van der Waals surface area contributed by atoms with Crippen molar-refractivity contribution < 1.29 is 4.39 Å². The molecule has 0 radical (unpaired) electrons. The van der Waals surface area contributed by atoms with Gasteiger partial charge in [0.05, 0.1) is 4.47 Å². The Hall–Kier alpha value is -0.610. The third-order valence-corrected chi connectivity index (χ3v) is 4.71. The van der Waals surface area contributed by atoms with Crippen molar-refractivity contribution in [3.05, 3.63) is 28.5 Å². The van der Waals surface area contributed by atoms with Gasteiger partial charge in [0.2, 0.25) is 0 Å². The molecule has 4 heteroatoms. The molecule has 0 aromatic heterocycles. The second-order valence-corrected chi connectivity index (χ2v) is 6.08. The smallest absolute Gasteiger partial charge is 0.137 e. The molecule has 1 aromatic carbocycles. The summed E-state index contributed by atoms with van der Waals surface area (Å²) in [6.07, 6.45) is 4.00. The Labute approximate surface area is 116 Å². The summed E-state index contributed by atoms with van der Waals surface area (Å²) in [6.45, 7) is 4.53. The molecule has 0 N–H and O–H groups in total. The third-order valence-electron chi connectivity index (χ3n) is 4.11. The zero-order valence-corrected chi connectivity index (χ0v) is 12.0. The number of piperidine rings is 1. The Balaban J connectivity index is 1.75. The van der Waals surface area contributed by atoms with Crippen molar-refractivity contribution in [2.24, 2.45) is 0 Å². The molecule has 2 nitrogen and oxygen atoms in total. The molecule has 98 valence electrons. The maximum absolute atomic E-state index is 13.3. The van der Waals surface area contributed by atoms with E-state index in [2.05, 4.69) is 25.7 Å². The van der Waals surface area contributed by atoms with Crippen LogP contribution in [-0.4, -0.2) is 37.1 Å². The molecule has 0 amide bonds. The highest BCUT2D eigenvalue weighted by molar-refractivity contribution is 9.10. The summed E-state index contributed by atoms with van der Waals surface area (Å²) in [4.78, 5) is 5.00. The van der Waals surface area contributed by atoms with Crippen molar-refractivity contribution in [1.82, 2.24) is 4.90 Å². The number of nitrogens with zero attached hydrogens (tertiary/aromatic N) is 2. The minimum absolute atomic E-state index is 0.185. The Kier molecular flexibility index (Phi) is 3.57. The fourth-order valence-corrected chi connectivity index (χ4v) is 3.44. The number of benzene rings is 1. The van der Waals surface area contributed by atoms with Gasteiger partial charge in [0, 0.05) is 31.4 Å². The molecule has 1 atom stereocenters. The first-order valence-corrected chi connectivity index (χ1v) is 7.47. The normalized spacial score (nSPS) is 25.0. The van der Waals surface area contributed by atoms with Crippen LogP contribution >= 0.6 is 15.9 Å². The van der Waals surface area contributed by atoms with Gasteiger partial charge in [0.25, 0.3) is 0 Å². The van der Waals surface area contributed by atoms with Crippen LogP contribution in [0.4, 0.5) is 10.1 Å². The first kappa shape index (κ1) is 12.4. The van der Waals surface area contributed by atoms with Gasteiger partial charge in [0.1, 0.15) is 5.82 Å². The van der Waals surface area contributed by atoms with E-state index in [0.29, 0.717) is 10.5 Å². The maximum atomic E-state index is 13.3. The zero-order valence-electron chi connectivity index (χ0n) is 10.4. The molecule has 0 aliphatic carbocycles. The molecule has 0 bridgehead atoms. The highest BCUT2D eigenvalue weighted by Gasteiger charge is 2.28. The van der Waals surface area contributed by atoms with E-state index < -0.39 is 0 Å². The number of hydrogen-bond donors (Lipinski definition) is 0. The quantitative estimate of drug-likeness (QED) is 0.785. The van der Waals surface area contributed by atoms with Crippen molar-refractivity contribution in [2.75, 3.05) is 31.1 Å². The van der Waals surface area contributed by atoms with Crippen LogP contribution in [0.2, 0.25) is 0 Å². The molecule has 18 heavy (non-hydrogen) atoms. The molecule has 0 spiro atoms. The molecule has 0 saturated carbocycles. The Morgan fingerprint density at radius 1 is 1.17 bits per heavy atom. The van der Waals surface area contributed by atoms with Crippen LogP contribution in [0.1, 0.15) is 19.3 Å². The molecular weight excluding hydrogens is 295 g/mol. The second kappa shape index (κ2) is 5.17. The van der Waals surface area contributed by atoms with E-state index >= 15 is 0 Å². The lowest BCUT2D eigenvalue weighted by molar-refractivity contribution is 0.133. The topological polar surface area (TPSA) is 6.48 Å². The van der Waals surface area contributed by atoms with Crippen LogP contribution in [0.3, 0.4) is 0 Å². The van der Waals surface area contributed by atoms with Gasteiger partial charge >= 0.3 is 0 Å². The van der Waals surface area contributed by atoms with Gasteiger partial charge in [-0.1, -0.05) is 6.42 Å². The predicted molar refractivity (Wildman–Crippen MR) is 75.5 cm³/mol. The van der Waals surface area contributed by atoms with E-state index in [9.17, 15) is 4.39 Å². The minimum Gasteiger partial charge on any atom is -0.369 e. The van der Waals surface area contributed by atoms with E-state index in [1.807, 2.05) is 12.1 Å². The first-order chi connectivity index (χ1) is 8.74. The average Bonchev–Trinajstić information content (AvgIpc) is 2.41. The molecular formula is C14H18BrFN2. The van der Waals surface area contributed by atoms with E-state index in [1.165, 1.54) is 25.8 Å². The SMILES string of the molecule is Fc1ccc(N2CCN3CCCCC3C2)cc1Br. The standard InChI is InChI=1S/C14H18BrFN2/c15-13-9-11(4-5-14(13)16)18-8-7-17-6-2-1-3-12(17)10-18/h4-5,9,12H,1-3,6-8,10H2. The lowest BCUT2D eigenvalue weighted by Crippen LogP contribution is -2.54. The van der Waals surface area contributed by atoms with Crippen molar-refractivity contribution >= 4 is 21.6 Å². The molecule has 2 fully saturated rings. The van der Waals surface area contributed by atoms with Gasteiger partial charge in [-0.05, 0) is 53.5 Å². The number of fused-ring (bicyclic) bond motifs is 1. The lowest BCUT2D eigenvalue weighted by atomic mass is 9.99. The summed E-state index contributed by atoms with van der Waals surface area (Å²) in [5, 5.41) is 0. The molecule has 3 rings (SSSR count). The zero-order chi connectivity index (χ0) is 12.5. The van der Waals surface area contributed by atoms with E-state index in [4.69, 9.17) is 0 Å². The van der Waals surface area contributed by atoms with Gasteiger partial charge in [-0.25, -0.2) is 4.39 Å². The highest BCUT2D eigenvalue weighted by Crippen LogP contribution is 2.27. The summed E-state index contributed by atoms with van der Waals surface area (Å²) in [5.74, 6) is -0.185. The number of hydrogen-bond acceptors (Lipinski definition) is 2. The fourth-order valence-electron chi connectivity index (χ4n) is 3.07. The summed E-state index contributed by atoms with van der Waals surface area (Å²) in [7, 11) is 0. The summed E-state index contributed by atoms with van der Waals surface area (Å²) >= 11 is 3.27. The molecule has 2 aliphatic heterocycles. The van der Waals surface area contributed by atoms with Crippen LogP contribution in [0.25, 0.3) is 0 Å². The van der Waals surface area contributed by atoms with E-state index in [0.717, 1.165) is 25.3 Å². The van der Waals surface area contributed by atoms with Gasteiger partial charge in [0.15, 0.2) is 0 Å². The number of piperazine rings is 1. The highest BCUT2D eigenvalue weighted by atomic mass is 79.9. The first-order valence-electron chi connectivity index (χ1n) is 6.68. The van der Waals surface area contributed by atoms with Crippen LogP contribution in [-0.2, 0) is 0 Å². The monoisotopic (exact) mass is 312 g/mol.